The topological polar surface area (TPSA) is 37.6 Å². The zero-order valence-electron chi connectivity index (χ0n) is 15.0. The molecule has 3 rings (SSSR count). The Morgan fingerprint density at radius 2 is 1.92 bits per heavy atom. The lowest BCUT2D eigenvalue weighted by Crippen LogP contribution is -2.32. The van der Waals surface area contributed by atoms with E-state index in [1.165, 1.54) is 5.56 Å². The third-order valence-electron chi connectivity index (χ3n) is 4.33. The van der Waals surface area contributed by atoms with Gasteiger partial charge in [0.25, 0.3) is 0 Å². The van der Waals surface area contributed by atoms with E-state index >= 15 is 0 Å². The Morgan fingerprint density at radius 3 is 2.54 bits per heavy atom. The van der Waals surface area contributed by atoms with E-state index in [0.717, 1.165) is 28.3 Å². The molecule has 2 heterocycles. The summed E-state index contributed by atoms with van der Waals surface area (Å²) < 4.78 is 2.02. The predicted octanol–water partition coefficient (Wildman–Crippen LogP) is 4.37. The molecule has 134 valence electrons. The number of hydrogen-bond donors (Lipinski definition) is 0. The number of thiazole rings is 1. The van der Waals surface area contributed by atoms with Crippen molar-refractivity contribution in [1.82, 2.24) is 14.3 Å². The van der Waals surface area contributed by atoms with Crippen LogP contribution in [0.15, 0.2) is 61.2 Å². The average molecular weight is 366 g/mol. The third-order valence-corrected chi connectivity index (χ3v) is 5.21. The first-order valence-electron chi connectivity index (χ1n) is 8.70. The van der Waals surface area contributed by atoms with Crippen molar-refractivity contribution >= 4 is 22.2 Å². The highest BCUT2D eigenvalue weighted by Gasteiger charge is 2.16. The van der Waals surface area contributed by atoms with Crippen LogP contribution in [0.1, 0.15) is 18.2 Å². The van der Waals surface area contributed by atoms with Crippen molar-refractivity contribution in [1.29, 1.82) is 0 Å². The van der Waals surface area contributed by atoms with Crippen LogP contribution in [0.5, 0.6) is 0 Å². The number of aryl methyl sites for hydroxylation is 1. The zero-order valence-corrected chi connectivity index (χ0v) is 15.8. The second kappa shape index (κ2) is 8.15. The Hall–Kier alpha value is -2.66. The normalized spacial score (nSPS) is 10.8. The van der Waals surface area contributed by atoms with Crippen LogP contribution in [-0.4, -0.2) is 33.3 Å². The molecule has 0 atom stereocenters. The first-order valence-corrected chi connectivity index (χ1v) is 9.58. The van der Waals surface area contributed by atoms with Gasteiger partial charge in [0.05, 0.1) is 12.1 Å². The summed E-state index contributed by atoms with van der Waals surface area (Å²) in [4.78, 5) is 19.9. The number of nitrogens with zero attached hydrogens (tertiary/aromatic N) is 3. The summed E-state index contributed by atoms with van der Waals surface area (Å²) in [5, 5.41) is 2.00. The van der Waals surface area contributed by atoms with E-state index in [4.69, 9.17) is 4.98 Å². The highest BCUT2D eigenvalue weighted by atomic mass is 32.1. The molecule has 0 saturated carbocycles. The number of aromatic nitrogens is 2. The first kappa shape index (κ1) is 18.1. The van der Waals surface area contributed by atoms with Gasteiger partial charge in [-0.15, -0.1) is 24.5 Å². The summed E-state index contributed by atoms with van der Waals surface area (Å²) in [7, 11) is 0. The number of imidazole rings is 1. The standard InChI is InChI=1S/C21H23N3OS/c1-4-11-23(12-5-2)20(25)13-18-15-26-21-22-19(14-24(18)21)17-9-7-16(6-3)8-10-17/h4-5,7-10,14-15H,1-2,6,11-13H2,3H3. The molecule has 0 aliphatic rings. The van der Waals surface area contributed by atoms with Crippen LogP contribution in [0.3, 0.4) is 0 Å². The molecule has 0 saturated heterocycles. The Bertz CT molecular complexity index is 911. The quantitative estimate of drug-likeness (QED) is 0.556. The van der Waals surface area contributed by atoms with Gasteiger partial charge in [-0.2, -0.15) is 0 Å². The largest absolute Gasteiger partial charge is 0.335 e. The lowest BCUT2D eigenvalue weighted by atomic mass is 10.1. The maximum absolute atomic E-state index is 12.6. The van der Waals surface area contributed by atoms with Gasteiger partial charge in [0, 0.05) is 35.9 Å². The Balaban J connectivity index is 1.83. The van der Waals surface area contributed by atoms with Crippen LogP contribution < -0.4 is 0 Å². The van der Waals surface area contributed by atoms with Gasteiger partial charge >= 0.3 is 0 Å². The molecule has 0 spiro atoms. The van der Waals surface area contributed by atoms with Gasteiger partial charge in [-0.25, -0.2) is 4.98 Å². The molecule has 3 aromatic rings. The van der Waals surface area contributed by atoms with Gasteiger partial charge in [0.2, 0.25) is 5.91 Å². The number of benzene rings is 1. The molecule has 4 nitrogen and oxygen atoms in total. The number of amides is 1. The molecule has 2 aromatic heterocycles. The van der Waals surface area contributed by atoms with E-state index < -0.39 is 0 Å². The Morgan fingerprint density at radius 1 is 1.23 bits per heavy atom. The number of fused-ring (bicyclic) bond motifs is 1. The maximum atomic E-state index is 12.6. The minimum atomic E-state index is 0.0621. The molecule has 0 aliphatic carbocycles. The SMILES string of the molecule is C=CCN(CC=C)C(=O)Cc1csc2nc(-c3ccc(CC)cc3)cn12. The monoisotopic (exact) mass is 365 g/mol. The van der Waals surface area contributed by atoms with Crippen LogP contribution >= 0.6 is 11.3 Å². The van der Waals surface area contributed by atoms with Gasteiger partial charge in [-0.1, -0.05) is 43.3 Å². The molecule has 0 bridgehead atoms. The molecule has 0 N–H and O–H groups in total. The second-order valence-corrected chi connectivity index (χ2v) is 6.95. The van der Waals surface area contributed by atoms with Gasteiger partial charge in [-0.3, -0.25) is 9.20 Å². The van der Waals surface area contributed by atoms with Crippen LogP contribution in [0, 0.1) is 0 Å². The third kappa shape index (κ3) is 3.78. The lowest BCUT2D eigenvalue weighted by Gasteiger charge is -2.18. The first-order chi connectivity index (χ1) is 12.7. The summed E-state index contributed by atoms with van der Waals surface area (Å²) in [6.45, 7) is 10.6. The van der Waals surface area contributed by atoms with E-state index in [1.54, 1.807) is 28.4 Å². The number of hydrogen-bond acceptors (Lipinski definition) is 3. The molecular weight excluding hydrogens is 342 g/mol. The van der Waals surface area contributed by atoms with Crippen LogP contribution in [0.2, 0.25) is 0 Å². The van der Waals surface area contributed by atoms with Crippen molar-refractivity contribution in [2.45, 2.75) is 19.8 Å². The Kier molecular flexibility index (Phi) is 5.68. The average Bonchev–Trinajstić information content (AvgIpc) is 3.23. The van der Waals surface area contributed by atoms with Crippen molar-refractivity contribution in [3.8, 4) is 11.3 Å². The van der Waals surface area contributed by atoms with Crippen LogP contribution in [0.25, 0.3) is 16.2 Å². The van der Waals surface area contributed by atoms with Crippen molar-refractivity contribution < 1.29 is 4.79 Å². The zero-order chi connectivity index (χ0) is 18.5. The van der Waals surface area contributed by atoms with E-state index in [-0.39, 0.29) is 5.91 Å². The number of rotatable bonds is 8. The van der Waals surface area contributed by atoms with Crippen molar-refractivity contribution in [2.24, 2.45) is 0 Å². The second-order valence-electron chi connectivity index (χ2n) is 6.11. The molecule has 1 amide bonds. The molecule has 0 unspecified atom stereocenters. The number of carbonyl (C=O) groups is 1. The molecule has 0 aliphatic heterocycles. The predicted molar refractivity (Wildman–Crippen MR) is 109 cm³/mol. The smallest absolute Gasteiger partial charge is 0.229 e. The summed E-state index contributed by atoms with van der Waals surface area (Å²) in [5.41, 5.74) is 4.29. The van der Waals surface area contributed by atoms with Crippen molar-refractivity contribution in [2.75, 3.05) is 13.1 Å². The maximum Gasteiger partial charge on any atom is 0.229 e. The highest BCUT2D eigenvalue weighted by Crippen LogP contribution is 2.24. The highest BCUT2D eigenvalue weighted by molar-refractivity contribution is 7.15. The van der Waals surface area contributed by atoms with E-state index in [9.17, 15) is 4.79 Å². The summed E-state index contributed by atoms with van der Waals surface area (Å²) >= 11 is 1.56. The van der Waals surface area contributed by atoms with Gasteiger partial charge < -0.3 is 4.90 Å². The number of carbonyl (C=O) groups excluding carboxylic acids is 1. The van der Waals surface area contributed by atoms with Crippen molar-refractivity contribution in [3.63, 3.8) is 0 Å². The summed E-state index contributed by atoms with van der Waals surface area (Å²) in [6.07, 6.45) is 6.85. The molecule has 0 fully saturated rings. The van der Waals surface area contributed by atoms with Gasteiger partial charge in [0.1, 0.15) is 0 Å². The minimum Gasteiger partial charge on any atom is -0.335 e. The van der Waals surface area contributed by atoms with E-state index in [0.29, 0.717) is 19.5 Å². The molecular formula is C21H23N3OS. The molecule has 5 heteroatoms. The van der Waals surface area contributed by atoms with E-state index in [1.807, 2.05) is 16.0 Å². The fraction of sp³-hybridized carbons (Fsp3) is 0.238. The van der Waals surface area contributed by atoms with Crippen LogP contribution in [0.4, 0.5) is 0 Å². The molecule has 26 heavy (non-hydrogen) atoms. The Labute approximate surface area is 158 Å². The van der Waals surface area contributed by atoms with Crippen LogP contribution in [-0.2, 0) is 17.6 Å². The van der Waals surface area contributed by atoms with Crippen molar-refractivity contribution in [3.05, 3.63) is 72.4 Å². The fourth-order valence-corrected chi connectivity index (χ4v) is 3.74. The van der Waals surface area contributed by atoms with Gasteiger partial charge in [-0.05, 0) is 12.0 Å². The van der Waals surface area contributed by atoms with Gasteiger partial charge in [0.15, 0.2) is 4.96 Å². The fourth-order valence-electron chi connectivity index (χ4n) is 2.86. The minimum absolute atomic E-state index is 0.0621. The molecule has 0 radical (unpaired) electrons. The summed E-state index contributed by atoms with van der Waals surface area (Å²) in [6, 6.07) is 8.48. The lowest BCUT2D eigenvalue weighted by molar-refractivity contribution is -0.129. The summed E-state index contributed by atoms with van der Waals surface area (Å²) in [5.74, 6) is 0.0621. The van der Waals surface area contributed by atoms with E-state index in [2.05, 4.69) is 44.3 Å². The molecule has 1 aromatic carbocycles.